The van der Waals surface area contributed by atoms with Crippen LogP contribution >= 0.6 is 0 Å². The van der Waals surface area contributed by atoms with Gasteiger partial charge in [-0.2, -0.15) is 0 Å². The fourth-order valence-corrected chi connectivity index (χ4v) is 13.5. The Kier molecular flexibility index (Phi) is 8.25. The molecule has 4 fully saturated rings. The van der Waals surface area contributed by atoms with Crippen LogP contribution in [0.15, 0.2) is 35.5 Å². The minimum atomic E-state index is -1.25. The van der Waals surface area contributed by atoms with Gasteiger partial charge in [0, 0.05) is 12.1 Å². The Labute approximate surface area is 279 Å². The fraction of sp³-hybridized carbons (Fsp3) is 0.829. The van der Waals surface area contributed by atoms with Gasteiger partial charge in [-0.3, -0.25) is 4.79 Å². The molecule has 6 rings (SSSR count). The van der Waals surface area contributed by atoms with Gasteiger partial charge in [-0.1, -0.05) is 58.9 Å². The normalized spacial score (nSPS) is 46.6. The van der Waals surface area contributed by atoms with Crippen LogP contribution in [-0.4, -0.2) is 40.5 Å². The molecule has 0 amide bonds. The third-order valence-corrected chi connectivity index (χ3v) is 16.2. The molecule has 46 heavy (non-hydrogen) atoms. The number of carbonyl (C=O) groups is 1. The first-order valence-corrected chi connectivity index (χ1v) is 18.6. The molecule has 5 heteroatoms. The van der Waals surface area contributed by atoms with E-state index in [-0.39, 0.29) is 27.2 Å². The van der Waals surface area contributed by atoms with Gasteiger partial charge in [-0.25, -0.2) is 4.39 Å². The number of hydrogen-bond acceptors (Lipinski definition) is 3. The van der Waals surface area contributed by atoms with Crippen molar-refractivity contribution in [1.29, 1.82) is 0 Å². The maximum atomic E-state index is 13.9. The van der Waals surface area contributed by atoms with E-state index >= 15 is 0 Å². The molecule has 0 spiro atoms. The number of carboxylic acid groups (broad SMARTS) is 1. The minimum Gasteiger partial charge on any atom is -0.481 e. The molecule has 10 atom stereocenters. The Morgan fingerprint density at radius 2 is 1.67 bits per heavy atom. The molecule has 0 aromatic carbocycles. The number of carboxylic acids is 1. The van der Waals surface area contributed by atoms with Crippen molar-refractivity contribution in [3.8, 4) is 0 Å². The molecule has 0 saturated heterocycles. The Morgan fingerprint density at radius 1 is 0.957 bits per heavy atom. The maximum absolute atomic E-state index is 13.9. The topological polar surface area (TPSA) is 69.6 Å². The smallest absolute Gasteiger partial charge is 0.312 e. The highest BCUT2D eigenvalue weighted by molar-refractivity contribution is 5.75. The zero-order valence-corrected chi connectivity index (χ0v) is 30.3. The molecule has 0 aliphatic heterocycles. The molecule has 0 heterocycles. The Bertz CT molecular complexity index is 1320. The van der Waals surface area contributed by atoms with Crippen molar-refractivity contribution >= 4 is 5.97 Å². The second kappa shape index (κ2) is 11.0. The predicted octanol–water partition coefficient (Wildman–Crippen LogP) is 9.44. The SMILES string of the molecule is C=C(C)[C@@H]1CC[C@]2(NCC(C)(C)O)CC[C@]3(C)[C@H](CC[C@@H]4[C@@]5(C)CC=C(C6=CCC(CF)(C(=O)O)CC6)C(C)(C)[C@@H]5CC[C@]43C)[C@@H]12. The van der Waals surface area contributed by atoms with Gasteiger partial charge in [-0.15, -0.1) is 0 Å². The summed E-state index contributed by atoms with van der Waals surface area (Å²) in [6.07, 6.45) is 16.9. The second-order valence-electron chi connectivity index (χ2n) is 19.2. The molecule has 258 valence electrons. The van der Waals surface area contributed by atoms with E-state index in [4.69, 9.17) is 0 Å². The standard InChI is InChI=1S/C41H64FNO3/c1-26(2)28-14-21-41(43-25-35(3,4)46)23-22-38(8)30(33(28)41)10-11-32-37(7)17-15-29(36(5,6)31(37)16-18-39(32,38)9)27-12-19-40(24-42,20-13-27)34(44)45/h12,15,28,30-33,43,46H,1,10-11,13-14,16-25H2,2-9H3,(H,44,45)/t28-,30+,31-,32+,33+,37-,38+,39+,40?,41-/m0/s1. The fourth-order valence-electron chi connectivity index (χ4n) is 13.5. The van der Waals surface area contributed by atoms with Crippen LogP contribution in [0.3, 0.4) is 0 Å². The van der Waals surface area contributed by atoms with E-state index < -0.39 is 23.7 Å². The number of hydrogen-bond donors (Lipinski definition) is 3. The van der Waals surface area contributed by atoms with E-state index in [0.29, 0.717) is 55.4 Å². The van der Waals surface area contributed by atoms with Gasteiger partial charge in [0.1, 0.15) is 6.67 Å². The summed E-state index contributed by atoms with van der Waals surface area (Å²) in [5, 5.41) is 24.5. The van der Waals surface area contributed by atoms with Crippen molar-refractivity contribution in [1.82, 2.24) is 5.32 Å². The molecule has 0 aromatic rings. The number of alkyl halides is 1. The first-order chi connectivity index (χ1) is 21.3. The van der Waals surface area contributed by atoms with Crippen molar-refractivity contribution in [3.63, 3.8) is 0 Å². The predicted molar refractivity (Wildman–Crippen MR) is 185 cm³/mol. The van der Waals surface area contributed by atoms with E-state index in [0.717, 1.165) is 6.42 Å². The Balaban J connectivity index is 1.32. The number of aliphatic carboxylic acids is 1. The van der Waals surface area contributed by atoms with Crippen LogP contribution in [0.2, 0.25) is 0 Å². The summed E-state index contributed by atoms with van der Waals surface area (Å²) < 4.78 is 13.9. The molecular formula is C41H64FNO3. The number of β-amino-alcohol motifs (C(OH)–C–C–N with tert-alkyl or cyclic N) is 1. The van der Waals surface area contributed by atoms with Crippen LogP contribution < -0.4 is 5.32 Å². The summed E-state index contributed by atoms with van der Waals surface area (Å²) in [6.45, 7) is 23.4. The Morgan fingerprint density at radius 3 is 2.26 bits per heavy atom. The average Bonchev–Trinajstić information content (AvgIpc) is 3.36. The zero-order chi connectivity index (χ0) is 33.7. The quantitative estimate of drug-likeness (QED) is 0.243. The number of halogens is 1. The molecular weight excluding hydrogens is 573 g/mol. The van der Waals surface area contributed by atoms with Gasteiger partial charge in [0.05, 0.1) is 11.0 Å². The number of aliphatic hydroxyl groups is 1. The number of rotatable bonds is 7. The van der Waals surface area contributed by atoms with E-state index in [1.807, 2.05) is 13.8 Å². The number of nitrogens with one attached hydrogen (secondary N) is 1. The lowest BCUT2D eigenvalue weighted by atomic mass is 9.33. The van der Waals surface area contributed by atoms with Crippen molar-refractivity contribution in [2.45, 2.75) is 144 Å². The second-order valence-corrected chi connectivity index (χ2v) is 19.2. The van der Waals surface area contributed by atoms with Crippen LogP contribution in [0.4, 0.5) is 4.39 Å². The summed E-state index contributed by atoms with van der Waals surface area (Å²) in [7, 11) is 0. The van der Waals surface area contributed by atoms with E-state index in [2.05, 4.69) is 65.6 Å². The Hall–Kier alpha value is -1.46. The van der Waals surface area contributed by atoms with E-state index in [1.165, 1.54) is 68.1 Å². The monoisotopic (exact) mass is 637 g/mol. The molecule has 1 unspecified atom stereocenters. The molecule has 6 aliphatic rings. The van der Waals surface area contributed by atoms with Crippen LogP contribution in [0.5, 0.6) is 0 Å². The van der Waals surface area contributed by atoms with Gasteiger partial charge >= 0.3 is 5.97 Å². The largest absolute Gasteiger partial charge is 0.481 e. The van der Waals surface area contributed by atoms with Gasteiger partial charge in [0.15, 0.2) is 0 Å². The molecule has 3 N–H and O–H groups in total. The van der Waals surface area contributed by atoms with Gasteiger partial charge in [-0.05, 0) is 160 Å². The zero-order valence-electron chi connectivity index (χ0n) is 30.3. The van der Waals surface area contributed by atoms with Gasteiger partial charge in [0.2, 0.25) is 0 Å². The van der Waals surface area contributed by atoms with Crippen molar-refractivity contribution in [2.24, 2.45) is 56.7 Å². The first-order valence-electron chi connectivity index (χ1n) is 18.6. The molecule has 0 bridgehead atoms. The highest BCUT2D eigenvalue weighted by Crippen LogP contribution is 2.76. The average molecular weight is 638 g/mol. The highest BCUT2D eigenvalue weighted by atomic mass is 19.1. The summed E-state index contributed by atoms with van der Waals surface area (Å²) in [5.41, 5.74) is 2.89. The van der Waals surface area contributed by atoms with Crippen molar-refractivity contribution in [3.05, 3.63) is 35.5 Å². The molecule has 6 aliphatic carbocycles. The van der Waals surface area contributed by atoms with Crippen LogP contribution in [-0.2, 0) is 4.79 Å². The summed E-state index contributed by atoms with van der Waals surface area (Å²) in [6, 6.07) is 0. The summed E-state index contributed by atoms with van der Waals surface area (Å²) >= 11 is 0. The third-order valence-electron chi connectivity index (χ3n) is 16.2. The number of fused-ring (bicyclic) bond motifs is 7. The molecule has 4 saturated carbocycles. The lowest BCUT2D eigenvalue weighted by Crippen LogP contribution is -2.68. The van der Waals surface area contributed by atoms with E-state index in [1.54, 1.807) is 0 Å². The van der Waals surface area contributed by atoms with Crippen LogP contribution in [0.25, 0.3) is 0 Å². The van der Waals surface area contributed by atoms with E-state index in [9.17, 15) is 19.4 Å². The lowest BCUT2D eigenvalue weighted by molar-refractivity contribution is -0.221. The third kappa shape index (κ3) is 4.81. The summed E-state index contributed by atoms with van der Waals surface area (Å²) in [5.74, 6) is 2.00. The van der Waals surface area contributed by atoms with Gasteiger partial charge < -0.3 is 15.5 Å². The van der Waals surface area contributed by atoms with Gasteiger partial charge in [0.25, 0.3) is 0 Å². The minimum absolute atomic E-state index is 0.00388. The van der Waals surface area contributed by atoms with Crippen molar-refractivity contribution in [2.75, 3.05) is 13.2 Å². The highest BCUT2D eigenvalue weighted by Gasteiger charge is 2.70. The molecule has 0 aromatic heterocycles. The number of allylic oxidation sites excluding steroid dienone is 5. The lowest BCUT2D eigenvalue weighted by Gasteiger charge is -2.72. The van der Waals surface area contributed by atoms with Crippen LogP contribution in [0, 0.1) is 56.7 Å². The summed E-state index contributed by atoms with van der Waals surface area (Å²) in [4.78, 5) is 11.9. The van der Waals surface area contributed by atoms with Crippen LogP contribution in [0.1, 0.15) is 132 Å². The maximum Gasteiger partial charge on any atom is 0.312 e. The molecule has 0 radical (unpaired) electrons. The first kappa shape index (κ1) is 34.4. The van der Waals surface area contributed by atoms with Crippen molar-refractivity contribution < 1.29 is 19.4 Å². The molecule has 4 nitrogen and oxygen atoms in total.